The van der Waals surface area contributed by atoms with Crippen LogP contribution in [-0.2, 0) is 10.2 Å². The molecule has 1 aromatic rings. The maximum absolute atomic E-state index is 12.7. The Labute approximate surface area is 139 Å². The first-order valence-electron chi connectivity index (χ1n) is 6.82. The maximum atomic E-state index is 12.7. The molecule has 2 N–H and O–H groups in total. The van der Waals surface area contributed by atoms with Crippen LogP contribution in [0.15, 0.2) is 24.3 Å². The topological polar surface area (TPSA) is 46.3 Å². The van der Waals surface area contributed by atoms with Gasteiger partial charge in [-0.1, -0.05) is 43.6 Å². The molecule has 0 fully saturated rings. The lowest BCUT2D eigenvalue weighted by Gasteiger charge is -2.35. The zero-order valence-corrected chi connectivity index (χ0v) is 15.0. The largest absolute Gasteiger partial charge is 0.344 e. The van der Waals surface area contributed by atoms with Crippen LogP contribution in [0, 0.1) is 5.41 Å². The summed E-state index contributed by atoms with van der Waals surface area (Å²) >= 11 is 6.23. The molecule has 1 rings (SSSR count). The van der Waals surface area contributed by atoms with Gasteiger partial charge in [0.25, 0.3) is 0 Å². The molecule has 0 aliphatic rings. The van der Waals surface area contributed by atoms with Gasteiger partial charge in [0, 0.05) is 18.6 Å². The van der Waals surface area contributed by atoms with Gasteiger partial charge in [0.1, 0.15) is 0 Å². The van der Waals surface area contributed by atoms with Gasteiger partial charge in [-0.15, -0.1) is 12.4 Å². The van der Waals surface area contributed by atoms with Gasteiger partial charge in [-0.3, -0.25) is 4.79 Å². The standard InChI is InChI=1S/C16H25ClN2O.ClH/c1-15(2,10-18)11-19(5)14(20)16(3,4)12-8-6-7-9-13(12)17;/h6-9H,10-11,18H2,1-5H3;1H. The van der Waals surface area contributed by atoms with Crippen molar-refractivity contribution in [2.75, 3.05) is 20.1 Å². The van der Waals surface area contributed by atoms with E-state index in [1.165, 1.54) is 0 Å². The first-order valence-corrected chi connectivity index (χ1v) is 7.20. The van der Waals surface area contributed by atoms with Crippen molar-refractivity contribution in [3.63, 3.8) is 0 Å². The Balaban J connectivity index is 0.00000400. The second-order valence-electron chi connectivity index (χ2n) is 6.63. The van der Waals surface area contributed by atoms with Crippen LogP contribution in [0.4, 0.5) is 0 Å². The summed E-state index contributed by atoms with van der Waals surface area (Å²) in [5.74, 6) is 0.0483. The number of halogens is 2. The Kier molecular flexibility index (Phi) is 7.21. The van der Waals surface area contributed by atoms with Crippen LogP contribution in [0.2, 0.25) is 5.02 Å². The number of hydrogen-bond donors (Lipinski definition) is 1. The second kappa shape index (κ2) is 7.48. The van der Waals surface area contributed by atoms with Crippen LogP contribution in [0.25, 0.3) is 0 Å². The number of carbonyl (C=O) groups excluding carboxylic acids is 1. The number of amides is 1. The summed E-state index contributed by atoms with van der Waals surface area (Å²) < 4.78 is 0. The Bertz CT molecular complexity index is 487. The van der Waals surface area contributed by atoms with Gasteiger partial charge in [-0.25, -0.2) is 0 Å². The Morgan fingerprint density at radius 1 is 1.24 bits per heavy atom. The minimum atomic E-state index is -0.655. The summed E-state index contributed by atoms with van der Waals surface area (Å²) in [5.41, 5.74) is 5.84. The Morgan fingerprint density at radius 2 is 1.76 bits per heavy atom. The third-order valence-corrected chi connectivity index (χ3v) is 3.98. The van der Waals surface area contributed by atoms with Gasteiger partial charge in [-0.05, 0) is 37.4 Å². The van der Waals surface area contributed by atoms with E-state index in [-0.39, 0.29) is 23.7 Å². The molecule has 0 atom stereocenters. The number of hydrogen-bond acceptors (Lipinski definition) is 2. The molecule has 120 valence electrons. The number of benzene rings is 1. The molecular formula is C16H26Cl2N2O. The Morgan fingerprint density at radius 3 is 2.24 bits per heavy atom. The first-order chi connectivity index (χ1) is 9.12. The van der Waals surface area contributed by atoms with E-state index >= 15 is 0 Å². The molecule has 0 aliphatic carbocycles. The van der Waals surface area contributed by atoms with E-state index in [2.05, 4.69) is 13.8 Å². The lowest BCUT2D eigenvalue weighted by Crippen LogP contribution is -2.46. The highest BCUT2D eigenvalue weighted by Gasteiger charge is 2.35. The molecular weight excluding hydrogens is 307 g/mol. The SMILES string of the molecule is CN(CC(C)(C)CN)C(=O)C(C)(C)c1ccccc1Cl.Cl. The Hall–Kier alpha value is -0.770. The summed E-state index contributed by atoms with van der Waals surface area (Å²) in [7, 11) is 1.82. The molecule has 0 radical (unpaired) electrons. The molecule has 0 bridgehead atoms. The summed E-state index contributed by atoms with van der Waals surface area (Å²) in [6.45, 7) is 9.08. The zero-order valence-electron chi connectivity index (χ0n) is 13.4. The van der Waals surface area contributed by atoms with Crippen LogP contribution in [0.3, 0.4) is 0 Å². The molecule has 0 aliphatic heterocycles. The molecule has 0 aromatic heterocycles. The predicted octanol–water partition coefficient (Wildman–Crippen LogP) is 3.48. The van der Waals surface area contributed by atoms with Crippen LogP contribution < -0.4 is 5.73 Å². The molecule has 0 heterocycles. The van der Waals surface area contributed by atoms with Gasteiger partial charge in [0.15, 0.2) is 0 Å². The first kappa shape index (κ1) is 20.2. The molecule has 0 unspecified atom stereocenters. The fraction of sp³-hybridized carbons (Fsp3) is 0.562. The minimum Gasteiger partial charge on any atom is -0.344 e. The van der Waals surface area contributed by atoms with E-state index in [0.29, 0.717) is 18.1 Å². The van der Waals surface area contributed by atoms with Crippen molar-refractivity contribution in [1.82, 2.24) is 4.90 Å². The normalized spacial score (nSPS) is 11.8. The number of rotatable bonds is 5. The molecule has 1 aromatic carbocycles. The van der Waals surface area contributed by atoms with Crippen LogP contribution in [-0.4, -0.2) is 30.9 Å². The van der Waals surface area contributed by atoms with Gasteiger partial charge >= 0.3 is 0 Å². The smallest absolute Gasteiger partial charge is 0.232 e. The lowest BCUT2D eigenvalue weighted by molar-refractivity contribution is -0.136. The fourth-order valence-electron chi connectivity index (χ4n) is 2.34. The van der Waals surface area contributed by atoms with E-state index in [0.717, 1.165) is 5.56 Å². The number of nitrogens with zero attached hydrogens (tertiary/aromatic N) is 1. The molecule has 5 heteroatoms. The fourth-order valence-corrected chi connectivity index (χ4v) is 2.71. The van der Waals surface area contributed by atoms with Crippen molar-refractivity contribution in [2.24, 2.45) is 11.1 Å². The second-order valence-corrected chi connectivity index (χ2v) is 7.04. The summed E-state index contributed by atoms with van der Waals surface area (Å²) in [6.07, 6.45) is 0. The zero-order chi connectivity index (χ0) is 15.6. The summed E-state index contributed by atoms with van der Waals surface area (Å²) in [4.78, 5) is 14.5. The molecule has 0 spiro atoms. The van der Waals surface area contributed by atoms with Gasteiger partial charge < -0.3 is 10.6 Å². The number of carbonyl (C=O) groups is 1. The van der Waals surface area contributed by atoms with E-state index in [1.807, 2.05) is 45.2 Å². The highest BCUT2D eigenvalue weighted by atomic mass is 35.5. The highest BCUT2D eigenvalue weighted by Crippen LogP contribution is 2.31. The van der Waals surface area contributed by atoms with Crippen molar-refractivity contribution in [3.8, 4) is 0 Å². The molecule has 0 saturated carbocycles. The van der Waals surface area contributed by atoms with Gasteiger partial charge in [0.2, 0.25) is 5.91 Å². The number of likely N-dealkylation sites (N-methyl/N-ethyl adjacent to an activating group) is 1. The van der Waals surface area contributed by atoms with E-state index in [9.17, 15) is 4.79 Å². The van der Waals surface area contributed by atoms with Crippen molar-refractivity contribution in [3.05, 3.63) is 34.9 Å². The minimum absolute atomic E-state index is 0. The number of nitrogens with two attached hydrogens (primary N) is 1. The van der Waals surface area contributed by atoms with Crippen molar-refractivity contribution < 1.29 is 4.79 Å². The van der Waals surface area contributed by atoms with Gasteiger partial charge in [-0.2, -0.15) is 0 Å². The third kappa shape index (κ3) is 4.87. The van der Waals surface area contributed by atoms with Crippen LogP contribution >= 0.6 is 24.0 Å². The van der Waals surface area contributed by atoms with E-state index < -0.39 is 5.41 Å². The quantitative estimate of drug-likeness (QED) is 0.897. The van der Waals surface area contributed by atoms with Crippen LogP contribution in [0.1, 0.15) is 33.3 Å². The maximum Gasteiger partial charge on any atom is 0.232 e. The highest BCUT2D eigenvalue weighted by molar-refractivity contribution is 6.31. The molecule has 21 heavy (non-hydrogen) atoms. The molecule has 0 saturated heterocycles. The third-order valence-electron chi connectivity index (χ3n) is 3.65. The van der Waals surface area contributed by atoms with Gasteiger partial charge in [0.05, 0.1) is 5.41 Å². The predicted molar refractivity (Wildman–Crippen MR) is 92.2 cm³/mol. The average molecular weight is 333 g/mol. The monoisotopic (exact) mass is 332 g/mol. The average Bonchev–Trinajstić information content (AvgIpc) is 2.37. The molecule has 3 nitrogen and oxygen atoms in total. The van der Waals surface area contributed by atoms with E-state index in [1.54, 1.807) is 4.90 Å². The van der Waals surface area contributed by atoms with Crippen molar-refractivity contribution in [2.45, 2.75) is 33.1 Å². The van der Waals surface area contributed by atoms with Crippen molar-refractivity contribution >= 4 is 29.9 Å². The van der Waals surface area contributed by atoms with Crippen LogP contribution in [0.5, 0.6) is 0 Å². The summed E-state index contributed by atoms with van der Waals surface area (Å²) in [6, 6.07) is 7.49. The summed E-state index contributed by atoms with van der Waals surface area (Å²) in [5, 5.41) is 0.623. The van der Waals surface area contributed by atoms with E-state index in [4.69, 9.17) is 17.3 Å². The van der Waals surface area contributed by atoms with Crippen molar-refractivity contribution in [1.29, 1.82) is 0 Å². The molecule has 1 amide bonds. The lowest BCUT2D eigenvalue weighted by atomic mass is 9.82.